The topological polar surface area (TPSA) is 92.4 Å². The van der Waals surface area contributed by atoms with Crippen LogP contribution in [0.4, 0.5) is 0 Å². The first-order chi connectivity index (χ1) is 8.94. The van der Waals surface area contributed by atoms with Crippen LogP contribution in [0.2, 0.25) is 0 Å². The molecule has 0 radical (unpaired) electrons. The number of thiazole rings is 1. The SMILES string of the molecule is CC(NS(=O)(=O)c1cc(CO)oc1Br)c1nccs1. The Balaban J connectivity index is 2.25. The van der Waals surface area contributed by atoms with Gasteiger partial charge in [0.1, 0.15) is 22.3 Å². The molecule has 0 saturated heterocycles. The fourth-order valence-electron chi connectivity index (χ4n) is 1.45. The van der Waals surface area contributed by atoms with Crippen molar-refractivity contribution in [1.82, 2.24) is 9.71 Å². The van der Waals surface area contributed by atoms with Gasteiger partial charge in [-0.1, -0.05) is 0 Å². The van der Waals surface area contributed by atoms with Crippen LogP contribution >= 0.6 is 27.3 Å². The minimum absolute atomic E-state index is 0.0417. The molecular weight excluding hydrogens is 356 g/mol. The summed E-state index contributed by atoms with van der Waals surface area (Å²) < 4.78 is 32.0. The number of aliphatic hydroxyl groups excluding tert-OH is 1. The molecule has 2 aromatic rings. The van der Waals surface area contributed by atoms with E-state index >= 15 is 0 Å². The zero-order valence-electron chi connectivity index (χ0n) is 9.83. The molecule has 2 N–H and O–H groups in total. The summed E-state index contributed by atoms with van der Waals surface area (Å²) in [6.45, 7) is 1.34. The lowest BCUT2D eigenvalue weighted by atomic mass is 10.4. The highest BCUT2D eigenvalue weighted by Crippen LogP contribution is 2.27. The Bertz CT molecular complexity index is 651. The van der Waals surface area contributed by atoms with Gasteiger partial charge in [0, 0.05) is 17.6 Å². The number of aliphatic hydroxyl groups is 1. The Hall–Kier alpha value is -0.740. The number of rotatable bonds is 5. The average Bonchev–Trinajstić information content (AvgIpc) is 2.96. The van der Waals surface area contributed by atoms with Gasteiger partial charge in [-0.3, -0.25) is 0 Å². The van der Waals surface area contributed by atoms with Crippen molar-refractivity contribution in [2.45, 2.75) is 24.5 Å². The van der Waals surface area contributed by atoms with Crippen molar-refractivity contribution in [2.24, 2.45) is 0 Å². The van der Waals surface area contributed by atoms with Crippen LogP contribution in [-0.2, 0) is 16.6 Å². The molecular formula is C10H11BrN2O4S2. The molecule has 0 aromatic carbocycles. The Kier molecular flexibility index (Phi) is 4.41. The quantitative estimate of drug-likeness (QED) is 0.844. The number of furan rings is 1. The van der Waals surface area contributed by atoms with E-state index in [1.54, 1.807) is 18.5 Å². The van der Waals surface area contributed by atoms with E-state index in [1.165, 1.54) is 17.4 Å². The first-order valence-corrected chi connectivity index (χ1v) is 8.40. The van der Waals surface area contributed by atoms with Gasteiger partial charge in [0.05, 0.1) is 6.04 Å². The molecule has 104 valence electrons. The maximum absolute atomic E-state index is 12.2. The smallest absolute Gasteiger partial charge is 0.245 e. The summed E-state index contributed by atoms with van der Waals surface area (Å²) in [7, 11) is -3.74. The third-order valence-electron chi connectivity index (χ3n) is 2.31. The lowest BCUT2D eigenvalue weighted by Crippen LogP contribution is -2.26. The number of sulfonamides is 1. The summed E-state index contributed by atoms with van der Waals surface area (Å²) in [5.41, 5.74) is 0. The van der Waals surface area contributed by atoms with E-state index in [0.29, 0.717) is 5.01 Å². The van der Waals surface area contributed by atoms with Crippen LogP contribution in [0.3, 0.4) is 0 Å². The maximum Gasteiger partial charge on any atom is 0.245 e. The number of aromatic nitrogens is 1. The first-order valence-electron chi connectivity index (χ1n) is 5.25. The molecule has 2 heterocycles. The standard InChI is InChI=1S/C10H11BrN2O4S2/c1-6(10-12-2-3-18-10)13-19(15,16)8-4-7(5-14)17-9(8)11/h2-4,6,13-14H,5H2,1H3. The average molecular weight is 367 g/mol. The van der Waals surface area contributed by atoms with Crippen LogP contribution in [0.5, 0.6) is 0 Å². The highest BCUT2D eigenvalue weighted by atomic mass is 79.9. The third kappa shape index (κ3) is 3.23. The van der Waals surface area contributed by atoms with Gasteiger partial charge >= 0.3 is 0 Å². The van der Waals surface area contributed by atoms with E-state index in [4.69, 9.17) is 9.52 Å². The number of hydrogen-bond acceptors (Lipinski definition) is 6. The van der Waals surface area contributed by atoms with Crippen molar-refractivity contribution >= 4 is 37.3 Å². The van der Waals surface area contributed by atoms with E-state index in [9.17, 15) is 8.42 Å². The summed E-state index contributed by atoms with van der Waals surface area (Å²) in [5, 5.41) is 11.4. The van der Waals surface area contributed by atoms with Gasteiger partial charge < -0.3 is 9.52 Å². The Morgan fingerprint density at radius 2 is 2.37 bits per heavy atom. The summed E-state index contributed by atoms with van der Waals surface area (Å²) in [6.07, 6.45) is 1.61. The molecule has 19 heavy (non-hydrogen) atoms. The molecule has 2 rings (SSSR count). The lowest BCUT2D eigenvalue weighted by molar-refractivity contribution is 0.245. The monoisotopic (exact) mass is 366 g/mol. The summed E-state index contributed by atoms with van der Waals surface area (Å²) >= 11 is 4.39. The molecule has 0 bridgehead atoms. The number of nitrogens with one attached hydrogen (secondary N) is 1. The fraction of sp³-hybridized carbons (Fsp3) is 0.300. The number of hydrogen-bond donors (Lipinski definition) is 2. The van der Waals surface area contributed by atoms with E-state index in [1.807, 2.05) is 0 Å². The van der Waals surface area contributed by atoms with E-state index in [2.05, 4.69) is 25.6 Å². The second kappa shape index (κ2) is 5.71. The number of halogens is 1. The second-order valence-electron chi connectivity index (χ2n) is 3.72. The van der Waals surface area contributed by atoms with Crippen LogP contribution in [0.1, 0.15) is 23.7 Å². The van der Waals surface area contributed by atoms with Gasteiger partial charge in [0.2, 0.25) is 10.0 Å². The molecule has 0 aliphatic carbocycles. The van der Waals surface area contributed by atoms with Gasteiger partial charge in [-0.05, 0) is 22.9 Å². The molecule has 0 saturated carbocycles. The second-order valence-corrected chi connectivity index (χ2v) is 7.05. The lowest BCUT2D eigenvalue weighted by Gasteiger charge is -2.10. The van der Waals surface area contributed by atoms with Crippen LogP contribution in [0, 0.1) is 0 Å². The zero-order valence-corrected chi connectivity index (χ0v) is 13.0. The van der Waals surface area contributed by atoms with Gasteiger partial charge in [-0.15, -0.1) is 11.3 Å². The minimum atomic E-state index is -3.74. The zero-order chi connectivity index (χ0) is 14.0. The van der Waals surface area contributed by atoms with E-state index < -0.39 is 16.1 Å². The molecule has 0 aliphatic rings. The molecule has 1 atom stereocenters. The Morgan fingerprint density at radius 1 is 1.63 bits per heavy atom. The molecule has 0 amide bonds. The molecule has 0 fully saturated rings. The predicted molar refractivity (Wildman–Crippen MR) is 73.2 cm³/mol. The van der Waals surface area contributed by atoms with Crippen molar-refractivity contribution < 1.29 is 17.9 Å². The molecule has 1 unspecified atom stereocenters. The third-order valence-corrected chi connectivity index (χ3v) is 5.66. The molecule has 0 spiro atoms. The van der Waals surface area contributed by atoms with Crippen molar-refractivity contribution in [3.05, 3.63) is 33.1 Å². The van der Waals surface area contributed by atoms with Crippen LogP contribution in [-0.4, -0.2) is 18.5 Å². The molecule has 9 heteroatoms. The van der Waals surface area contributed by atoms with Crippen LogP contribution in [0.15, 0.2) is 31.6 Å². The van der Waals surface area contributed by atoms with Crippen molar-refractivity contribution in [3.8, 4) is 0 Å². The van der Waals surface area contributed by atoms with E-state index in [0.717, 1.165) is 0 Å². The van der Waals surface area contributed by atoms with Gasteiger partial charge in [-0.2, -0.15) is 0 Å². The van der Waals surface area contributed by atoms with E-state index in [-0.39, 0.29) is 21.9 Å². The molecule has 2 aromatic heterocycles. The summed E-state index contributed by atoms with van der Waals surface area (Å²) in [6, 6.07) is 0.838. The maximum atomic E-state index is 12.2. The van der Waals surface area contributed by atoms with Gasteiger partial charge in [0.15, 0.2) is 4.67 Å². The Morgan fingerprint density at radius 3 is 2.89 bits per heavy atom. The highest BCUT2D eigenvalue weighted by molar-refractivity contribution is 9.10. The number of nitrogens with zero attached hydrogens (tertiary/aromatic N) is 1. The largest absolute Gasteiger partial charge is 0.450 e. The van der Waals surface area contributed by atoms with Crippen molar-refractivity contribution in [2.75, 3.05) is 0 Å². The predicted octanol–water partition coefficient (Wildman–Crippen LogP) is 2.03. The van der Waals surface area contributed by atoms with Crippen LogP contribution in [0.25, 0.3) is 0 Å². The fourth-order valence-corrected chi connectivity index (χ4v) is 4.38. The minimum Gasteiger partial charge on any atom is -0.450 e. The van der Waals surface area contributed by atoms with Crippen molar-refractivity contribution in [3.63, 3.8) is 0 Å². The van der Waals surface area contributed by atoms with Gasteiger partial charge in [0.25, 0.3) is 0 Å². The summed E-state index contributed by atoms with van der Waals surface area (Å²) in [5.74, 6) is 0.175. The van der Waals surface area contributed by atoms with Crippen molar-refractivity contribution in [1.29, 1.82) is 0 Å². The molecule has 0 aliphatic heterocycles. The first kappa shape index (κ1) is 14.7. The van der Waals surface area contributed by atoms with Gasteiger partial charge in [-0.25, -0.2) is 18.1 Å². The molecule has 6 nitrogen and oxygen atoms in total. The Labute approximate surface area is 122 Å². The summed E-state index contributed by atoms with van der Waals surface area (Å²) in [4.78, 5) is 4.01. The highest BCUT2D eigenvalue weighted by Gasteiger charge is 2.25. The normalized spacial score (nSPS) is 13.6. The van der Waals surface area contributed by atoms with Crippen LogP contribution < -0.4 is 4.72 Å².